The van der Waals surface area contributed by atoms with Gasteiger partial charge in [0.05, 0.1) is 0 Å². The molecule has 124 valence electrons. The van der Waals surface area contributed by atoms with E-state index in [9.17, 15) is 13.2 Å². The molecule has 0 aliphatic carbocycles. The van der Waals surface area contributed by atoms with Crippen LogP contribution in [0, 0.1) is 0 Å². The second kappa shape index (κ2) is 6.15. The van der Waals surface area contributed by atoms with Crippen LogP contribution in [0.15, 0.2) is 22.9 Å². The molecule has 1 saturated heterocycles. The van der Waals surface area contributed by atoms with E-state index in [1.165, 1.54) is 6.20 Å². The van der Waals surface area contributed by atoms with Crippen LogP contribution >= 0.6 is 0 Å². The number of halogens is 3. The standard InChI is InChI=1S/C14H15F3N4O2/c1-2-21-6-5-10(8-21)22-11-4-3-9(7-18-11)12-19-13(23-20-12)14(15,16)17/h3-4,7,10H,2,5-6,8H2,1H3/t10-/m1/s1. The third-order valence-electron chi connectivity index (χ3n) is 3.63. The molecule has 2 aromatic heterocycles. The first-order valence-electron chi connectivity index (χ1n) is 7.22. The maximum atomic E-state index is 12.4. The number of likely N-dealkylation sites (tertiary alicyclic amines) is 1. The van der Waals surface area contributed by atoms with E-state index in [0.29, 0.717) is 11.4 Å². The summed E-state index contributed by atoms with van der Waals surface area (Å²) in [7, 11) is 0. The highest BCUT2D eigenvalue weighted by Gasteiger charge is 2.38. The molecule has 0 aromatic carbocycles. The number of hydrogen-bond donors (Lipinski definition) is 0. The monoisotopic (exact) mass is 328 g/mol. The van der Waals surface area contributed by atoms with Gasteiger partial charge in [-0.1, -0.05) is 12.1 Å². The van der Waals surface area contributed by atoms with Gasteiger partial charge in [-0.05, 0) is 19.0 Å². The quantitative estimate of drug-likeness (QED) is 0.860. The van der Waals surface area contributed by atoms with E-state index in [4.69, 9.17) is 4.74 Å². The molecular weight excluding hydrogens is 313 g/mol. The van der Waals surface area contributed by atoms with E-state index in [1.807, 2.05) is 0 Å². The van der Waals surface area contributed by atoms with Crippen LogP contribution in [0.5, 0.6) is 5.88 Å². The molecule has 2 aromatic rings. The minimum absolute atomic E-state index is 0.0790. The van der Waals surface area contributed by atoms with Gasteiger partial charge in [-0.15, -0.1) is 0 Å². The lowest BCUT2D eigenvalue weighted by Gasteiger charge is -2.14. The molecule has 9 heteroatoms. The van der Waals surface area contributed by atoms with Crippen molar-refractivity contribution in [1.29, 1.82) is 0 Å². The van der Waals surface area contributed by atoms with Crippen molar-refractivity contribution in [2.75, 3.05) is 19.6 Å². The van der Waals surface area contributed by atoms with Gasteiger partial charge in [0, 0.05) is 30.9 Å². The fraction of sp³-hybridized carbons (Fsp3) is 0.500. The van der Waals surface area contributed by atoms with Crippen molar-refractivity contribution in [1.82, 2.24) is 20.0 Å². The summed E-state index contributed by atoms with van der Waals surface area (Å²) in [5.74, 6) is -1.11. The molecular formula is C14H15F3N4O2. The van der Waals surface area contributed by atoms with E-state index in [1.54, 1.807) is 12.1 Å². The predicted octanol–water partition coefficient (Wildman–Crippen LogP) is 2.62. The van der Waals surface area contributed by atoms with Crippen molar-refractivity contribution in [2.45, 2.75) is 25.6 Å². The highest BCUT2D eigenvalue weighted by Crippen LogP contribution is 2.29. The number of nitrogens with zero attached hydrogens (tertiary/aromatic N) is 4. The topological polar surface area (TPSA) is 64.3 Å². The summed E-state index contributed by atoms with van der Waals surface area (Å²) in [5, 5.41) is 3.31. The molecule has 0 spiro atoms. The maximum absolute atomic E-state index is 12.4. The fourth-order valence-corrected chi connectivity index (χ4v) is 2.39. The SMILES string of the molecule is CCN1CC[C@@H](Oc2ccc(-c3noc(C(F)(F)F)n3)cn2)C1. The summed E-state index contributed by atoms with van der Waals surface area (Å²) in [6.07, 6.45) is -2.28. The average molecular weight is 328 g/mol. The first-order valence-corrected chi connectivity index (χ1v) is 7.22. The Labute approximate surface area is 130 Å². The molecule has 1 fully saturated rings. The van der Waals surface area contributed by atoms with E-state index in [0.717, 1.165) is 26.1 Å². The number of rotatable bonds is 4. The first-order chi connectivity index (χ1) is 11.0. The van der Waals surface area contributed by atoms with Gasteiger partial charge in [-0.25, -0.2) is 4.98 Å². The van der Waals surface area contributed by atoms with E-state index in [2.05, 4.69) is 31.5 Å². The number of hydrogen-bond acceptors (Lipinski definition) is 6. The van der Waals surface area contributed by atoms with Gasteiger partial charge in [-0.3, -0.25) is 4.90 Å². The van der Waals surface area contributed by atoms with Crippen molar-refractivity contribution in [3.05, 3.63) is 24.2 Å². The van der Waals surface area contributed by atoms with E-state index in [-0.39, 0.29) is 11.9 Å². The maximum Gasteiger partial charge on any atom is 0.471 e. The van der Waals surface area contributed by atoms with Crippen LogP contribution < -0.4 is 4.74 Å². The summed E-state index contributed by atoms with van der Waals surface area (Å²) in [4.78, 5) is 9.69. The Morgan fingerprint density at radius 1 is 1.39 bits per heavy atom. The van der Waals surface area contributed by atoms with Gasteiger partial charge >= 0.3 is 12.1 Å². The molecule has 0 amide bonds. The highest BCUT2D eigenvalue weighted by molar-refractivity contribution is 5.53. The van der Waals surface area contributed by atoms with Crippen molar-refractivity contribution < 1.29 is 22.4 Å². The van der Waals surface area contributed by atoms with Crippen LogP contribution in [0.4, 0.5) is 13.2 Å². The van der Waals surface area contributed by atoms with Crippen molar-refractivity contribution >= 4 is 0 Å². The van der Waals surface area contributed by atoms with Crippen LogP contribution in [0.3, 0.4) is 0 Å². The molecule has 0 N–H and O–H groups in total. The molecule has 1 aliphatic heterocycles. The lowest BCUT2D eigenvalue weighted by atomic mass is 10.2. The summed E-state index contributed by atoms with van der Waals surface area (Å²) in [6, 6.07) is 3.15. The minimum Gasteiger partial charge on any atom is -0.473 e. The Kier molecular flexibility index (Phi) is 4.20. The lowest BCUT2D eigenvalue weighted by Crippen LogP contribution is -2.24. The molecule has 3 rings (SSSR count). The largest absolute Gasteiger partial charge is 0.473 e. The third-order valence-corrected chi connectivity index (χ3v) is 3.63. The first kappa shape index (κ1) is 15.7. The van der Waals surface area contributed by atoms with Gasteiger partial charge < -0.3 is 9.26 Å². The predicted molar refractivity (Wildman–Crippen MR) is 73.7 cm³/mol. The smallest absolute Gasteiger partial charge is 0.471 e. The number of likely N-dealkylation sites (N-methyl/N-ethyl adjacent to an activating group) is 1. The molecule has 0 radical (unpaired) electrons. The normalized spacial score (nSPS) is 19.2. The lowest BCUT2D eigenvalue weighted by molar-refractivity contribution is -0.159. The van der Waals surface area contributed by atoms with E-state index >= 15 is 0 Å². The van der Waals surface area contributed by atoms with Gasteiger partial charge in [0.25, 0.3) is 0 Å². The summed E-state index contributed by atoms with van der Waals surface area (Å²) >= 11 is 0. The van der Waals surface area contributed by atoms with Crippen LogP contribution in [0.1, 0.15) is 19.2 Å². The molecule has 0 unspecified atom stereocenters. The Bertz CT molecular complexity index is 657. The molecule has 0 saturated carbocycles. The van der Waals surface area contributed by atoms with Crippen LogP contribution in [0.25, 0.3) is 11.4 Å². The average Bonchev–Trinajstić information content (AvgIpc) is 3.16. The van der Waals surface area contributed by atoms with Crippen molar-refractivity contribution in [3.8, 4) is 17.3 Å². The summed E-state index contributed by atoms with van der Waals surface area (Å²) in [6.45, 7) is 4.91. The molecule has 3 heterocycles. The Balaban J connectivity index is 1.66. The Morgan fingerprint density at radius 3 is 2.78 bits per heavy atom. The number of alkyl halides is 3. The van der Waals surface area contributed by atoms with Gasteiger partial charge in [0.1, 0.15) is 6.10 Å². The summed E-state index contributed by atoms with van der Waals surface area (Å²) < 4.78 is 47.3. The van der Waals surface area contributed by atoms with Gasteiger partial charge in [-0.2, -0.15) is 18.2 Å². The van der Waals surface area contributed by atoms with E-state index < -0.39 is 12.1 Å². The minimum atomic E-state index is -4.66. The highest BCUT2D eigenvalue weighted by atomic mass is 19.4. The van der Waals surface area contributed by atoms with Crippen molar-refractivity contribution in [3.63, 3.8) is 0 Å². The zero-order chi connectivity index (χ0) is 16.4. The molecule has 23 heavy (non-hydrogen) atoms. The number of ether oxygens (including phenoxy) is 1. The molecule has 0 bridgehead atoms. The fourth-order valence-electron chi connectivity index (χ4n) is 2.39. The summed E-state index contributed by atoms with van der Waals surface area (Å²) in [5.41, 5.74) is 0.332. The van der Waals surface area contributed by atoms with Crippen molar-refractivity contribution in [2.24, 2.45) is 0 Å². The van der Waals surface area contributed by atoms with Gasteiger partial charge in [0.15, 0.2) is 0 Å². The van der Waals surface area contributed by atoms with Gasteiger partial charge in [0.2, 0.25) is 11.7 Å². The second-order valence-corrected chi connectivity index (χ2v) is 5.23. The van der Waals surface area contributed by atoms with Crippen LogP contribution in [-0.2, 0) is 6.18 Å². The molecule has 1 atom stereocenters. The zero-order valence-corrected chi connectivity index (χ0v) is 12.4. The second-order valence-electron chi connectivity index (χ2n) is 5.23. The van der Waals surface area contributed by atoms with Crippen LogP contribution in [0.2, 0.25) is 0 Å². The van der Waals surface area contributed by atoms with Crippen LogP contribution in [-0.4, -0.2) is 45.8 Å². The molecule has 6 nitrogen and oxygen atoms in total. The Hall–Kier alpha value is -2.16. The number of aromatic nitrogens is 3. The molecule has 1 aliphatic rings. The number of pyridine rings is 1. The third kappa shape index (κ3) is 3.61. The zero-order valence-electron chi connectivity index (χ0n) is 12.4. The Morgan fingerprint density at radius 2 is 2.22 bits per heavy atom.